The van der Waals surface area contributed by atoms with Gasteiger partial charge in [-0.15, -0.1) is 11.3 Å². The van der Waals surface area contributed by atoms with E-state index in [0.29, 0.717) is 11.4 Å². The lowest BCUT2D eigenvalue weighted by Gasteiger charge is -2.13. The van der Waals surface area contributed by atoms with Crippen LogP contribution in [0.15, 0.2) is 53.4 Å². The van der Waals surface area contributed by atoms with E-state index in [1.165, 1.54) is 21.9 Å². The van der Waals surface area contributed by atoms with Crippen molar-refractivity contribution in [3.8, 4) is 16.9 Å². The SMILES string of the molecule is COc1ccc(S(=O)(=O)Nc2cc(-c3cc(C)sc3C)ccc2C)cc1. The van der Waals surface area contributed by atoms with Gasteiger partial charge in [0.05, 0.1) is 17.7 Å². The van der Waals surface area contributed by atoms with Gasteiger partial charge in [-0.1, -0.05) is 12.1 Å². The molecule has 3 rings (SSSR count). The Morgan fingerprint density at radius 1 is 0.962 bits per heavy atom. The summed E-state index contributed by atoms with van der Waals surface area (Å²) in [5, 5.41) is 0. The molecule has 136 valence electrons. The number of methoxy groups -OCH3 is 1. The number of hydrogen-bond acceptors (Lipinski definition) is 4. The van der Waals surface area contributed by atoms with Crippen molar-refractivity contribution in [2.24, 2.45) is 0 Å². The summed E-state index contributed by atoms with van der Waals surface area (Å²) in [6.45, 7) is 6.04. The molecule has 0 saturated heterocycles. The minimum absolute atomic E-state index is 0.200. The van der Waals surface area contributed by atoms with Gasteiger partial charge in [0, 0.05) is 9.75 Å². The van der Waals surface area contributed by atoms with Crippen molar-refractivity contribution in [3.63, 3.8) is 0 Å². The summed E-state index contributed by atoms with van der Waals surface area (Å²) in [7, 11) is -2.12. The Kier molecular flexibility index (Phi) is 5.07. The van der Waals surface area contributed by atoms with Crippen LogP contribution in [0.4, 0.5) is 5.69 Å². The first kappa shape index (κ1) is 18.5. The van der Waals surface area contributed by atoms with Crippen LogP contribution in [0.2, 0.25) is 0 Å². The third kappa shape index (κ3) is 3.76. The number of rotatable bonds is 5. The summed E-state index contributed by atoms with van der Waals surface area (Å²) in [5.41, 5.74) is 3.60. The number of hydrogen-bond donors (Lipinski definition) is 1. The lowest BCUT2D eigenvalue weighted by atomic mass is 10.0. The summed E-state index contributed by atoms with van der Waals surface area (Å²) in [4.78, 5) is 2.65. The largest absolute Gasteiger partial charge is 0.497 e. The molecule has 2 aromatic carbocycles. The summed E-state index contributed by atoms with van der Waals surface area (Å²) < 4.78 is 33.2. The maximum atomic E-state index is 12.7. The van der Waals surface area contributed by atoms with E-state index in [0.717, 1.165) is 16.7 Å². The fraction of sp³-hybridized carbons (Fsp3) is 0.200. The number of ether oxygens (including phenoxy) is 1. The highest BCUT2D eigenvalue weighted by Gasteiger charge is 2.16. The summed E-state index contributed by atoms with van der Waals surface area (Å²) >= 11 is 1.74. The second-order valence-corrected chi connectivity index (χ2v) is 9.28. The Balaban J connectivity index is 1.96. The average Bonchev–Trinajstić information content (AvgIpc) is 2.95. The molecule has 0 aliphatic heterocycles. The lowest BCUT2D eigenvalue weighted by Crippen LogP contribution is -2.13. The molecule has 26 heavy (non-hydrogen) atoms. The Bertz CT molecular complexity index is 1040. The van der Waals surface area contributed by atoms with Gasteiger partial charge in [-0.2, -0.15) is 0 Å². The van der Waals surface area contributed by atoms with Crippen molar-refractivity contribution in [3.05, 3.63) is 63.8 Å². The van der Waals surface area contributed by atoms with Gasteiger partial charge in [0.1, 0.15) is 5.75 Å². The second kappa shape index (κ2) is 7.13. The van der Waals surface area contributed by atoms with Gasteiger partial charge >= 0.3 is 0 Å². The van der Waals surface area contributed by atoms with Crippen LogP contribution in [0.5, 0.6) is 5.75 Å². The fourth-order valence-electron chi connectivity index (χ4n) is 2.78. The third-order valence-electron chi connectivity index (χ3n) is 4.20. The van der Waals surface area contributed by atoms with Gasteiger partial charge in [0.2, 0.25) is 0 Å². The highest BCUT2D eigenvalue weighted by Crippen LogP contribution is 2.33. The number of aryl methyl sites for hydroxylation is 3. The first-order chi connectivity index (χ1) is 12.3. The second-order valence-electron chi connectivity index (χ2n) is 6.14. The van der Waals surface area contributed by atoms with Gasteiger partial charge in [0.25, 0.3) is 10.0 Å². The smallest absolute Gasteiger partial charge is 0.261 e. The zero-order chi connectivity index (χ0) is 18.9. The number of sulfonamides is 1. The van der Waals surface area contributed by atoms with Crippen molar-refractivity contribution in [2.45, 2.75) is 25.7 Å². The quantitative estimate of drug-likeness (QED) is 0.659. The minimum Gasteiger partial charge on any atom is -0.497 e. The molecule has 0 aliphatic rings. The maximum absolute atomic E-state index is 12.7. The average molecular weight is 388 g/mol. The van der Waals surface area contributed by atoms with Crippen molar-refractivity contribution in [2.75, 3.05) is 11.8 Å². The summed E-state index contributed by atoms with van der Waals surface area (Å²) in [6.07, 6.45) is 0. The van der Waals surface area contributed by atoms with Crippen LogP contribution >= 0.6 is 11.3 Å². The zero-order valence-electron chi connectivity index (χ0n) is 15.2. The van der Waals surface area contributed by atoms with Crippen molar-refractivity contribution >= 4 is 27.0 Å². The minimum atomic E-state index is -3.67. The molecule has 0 radical (unpaired) electrons. The highest BCUT2D eigenvalue weighted by molar-refractivity contribution is 7.92. The molecule has 4 nitrogen and oxygen atoms in total. The predicted molar refractivity (Wildman–Crippen MR) is 108 cm³/mol. The molecule has 0 unspecified atom stereocenters. The summed E-state index contributed by atoms with van der Waals surface area (Å²) in [5.74, 6) is 0.616. The van der Waals surface area contributed by atoms with E-state index in [1.54, 1.807) is 30.6 Å². The molecular formula is C20H21NO3S2. The lowest BCUT2D eigenvalue weighted by molar-refractivity contribution is 0.414. The van der Waals surface area contributed by atoms with E-state index >= 15 is 0 Å². The van der Waals surface area contributed by atoms with Crippen LogP contribution in [-0.4, -0.2) is 15.5 Å². The van der Waals surface area contributed by atoms with E-state index in [9.17, 15) is 8.42 Å². The maximum Gasteiger partial charge on any atom is 0.261 e. The number of anilines is 1. The first-order valence-corrected chi connectivity index (χ1v) is 10.4. The molecule has 0 saturated carbocycles. The van der Waals surface area contributed by atoms with E-state index in [2.05, 4.69) is 24.6 Å². The topological polar surface area (TPSA) is 55.4 Å². The van der Waals surface area contributed by atoms with E-state index < -0.39 is 10.0 Å². The molecule has 0 fully saturated rings. The number of thiophene rings is 1. The predicted octanol–water partition coefficient (Wildman–Crippen LogP) is 5.15. The molecular weight excluding hydrogens is 366 g/mol. The normalized spacial score (nSPS) is 11.4. The number of benzene rings is 2. The Hall–Kier alpha value is -2.31. The molecule has 0 amide bonds. The van der Waals surface area contributed by atoms with Crippen molar-refractivity contribution < 1.29 is 13.2 Å². The van der Waals surface area contributed by atoms with Gasteiger partial charge < -0.3 is 4.74 Å². The molecule has 1 N–H and O–H groups in total. The molecule has 6 heteroatoms. The molecule has 3 aromatic rings. The third-order valence-corrected chi connectivity index (χ3v) is 6.55. The van der Waals surface area contributed by atoms with Crippen molar-refractivity contribution in [1.82, 2.24) is 0 Å². The van der Waals surface area contributed by atoms with Crippen LogP contribution < -0.4 is 9.46 Å². The molecule has 0 spiro atoms. The van der Waals surface area contributed by atoms with Gasteiger partial charge in [0.15, 0.2) is 0 Å². The van der Waals surface area contributed by atoms with Crippen LogP contribution in [0.3, 0.4) is 0 Å². The standard InChI is InChI=1S/C20H21NO3S2/c1-13-5-6-16(19-11-14(2)25-15(19)3)12-20(13)21-26(22,23)18-9-7-17(24-4)8-10-18/h5-12,21H,1-4H3. The van der Waals surface area contributed by atoms with E-state index in [1.807, 2.05) is 25.1 Å². The first-order valence-electron chi connectivity index (χ1n) is 8.15. The molecule has 1 aromatic heterocycles. The van der Waals surface area contributed by atoms with Gasteiger partial charge in [-0.05, 0) is 73.9 Å². The van der Waals surface area contributed by atoms with Crippen LogP contribution in [-0.2, 0) is 10.0 Å². The molecule has 0 atom stereocenters. The van der Waals surface area contributed by atoms with Crippen LogP contribution in [0.1, 0.15) is 15.3 Å². The van der Waals surface area contributed by atoms with Gasteiger partial charge in [-0.25, -0.2) is 8.42 Å². The summed E-state index contributed by atoms with van der Waals surface area (Å²) in [6, 6.07) is 14.3. The zero-order valence-corrected chi connectivity index (χ0v) is 16.8. The Labute approximate surface area is 158 Å². The van der Waals surface area contributed by atoms with Crippen LogP contribution in [0, 0.1) is 20.8 Å². The van der Waals surface area contributed by atoms with E-state index in [4.69, 9.17) is 4.74 Å². The molecule has 0 bridgehead atoms. The Morgan fingerprint density at radius 3 is 2.23 bits per heavy atom. The molecule has 1 heterocycles. The van der Waals surface area contributed by atoms with Crippen molar-refractivity contribution in [1.29, 1.82) is 0 Å². The van der Waals surface area contributed by atoms with Crippen LogP contribution in [0.25, 0.3) is 11.1 Å². The monoisotopic (exact) mass is 387 g/mol. The van der Waals surface area contributed by atoms with Gasteiger partial charge in [-0.3, -0.25) is 4.72 Å². The van der Waals surface area contributed by atoms with E-state index in [-0.39, 0.29) is 4.90 Å². The fourth-order valence-corrected chi connectivity index (χ4v) is 4.84. The molecule has 0 aliphatic carbocycles. The Morgan fingerprint density at radius 2 is 1.65 bits per heavy atom. The number of nitrogens with one attached hydrogen (secondary N) is 1. The highest BCUT2D eigenvalue weighted by atomic mass is 32.2.